The van der Waals surface area contributed by atoms with E-state index >= 15 is 0 Å². The smallest absolute Gasteiger partial charge is 0.336 e. The monoisotopic (exact) mass is 672 g/mol. The number of rotatable bonds is 9. The molecule has 0 unspecified atom stereocenters. The summed E-state index contributed by atoms with van der Waals surface area (Å²) < 4.78 is 12.7. The quantitative estimate of drug-likeness (QED) is 0.203. The Bertz CT molecular complexity index is 1550. The van der Waals surface area contributed by atoms with Crippen LogP contribution in [-0.2, 0) is 11.4 Å². The van der Waals surface area contributed by atoms with E-state index in [2.05, 4.69) is 27.6 Å². The molecule has 0 aromatic heterocycles. The van der Waals surface area contributed by atoms with Gasteiger partial charge in [0.1, 0.15) is 6.61 Å². The van der Waals surface area contributed by atoms with Gasteiger partial charge in [0, 0.05) is 7.05 Å². The van der Waals surface area contributed by atoms with Crippen LogP contribution in [0.1, 0.15) is 44.3 Å². The number of carboxylic acids is 2. The average molecular weight is 672 g/mol. The second-order valence-electron chi connectivity index (χ2n) is 8.68. The van der Waals surface area contributed by atoms with Crippen molar-refractivity contribution in [2.45, 2.75) is 20.5 Å². The van der Waals surface area contributed by atoms with Crippen molar-refractivity contribution in [2.24, 2.45) is 4.99 Å². The van der Waals surface area contributed by atoms with Crippen LogP contribution in [0.5, 0.6) is 11.5 Å². The van der Waals surface area contributed by atoms with Gasteiger partial charge in [0.2, 0.25) is 0 Å². The van der Waals surface area contributed by atoms with E-state index in [-0.39, 0.29) is 23.6 Å². The molecule has 0 atom stereocenters. The van der Waals surface area contributed by atoms with Gasteiger partial charge in [-0.3, -0.25) is 9.69 Å². The molecular weight excluding hydrogens is 647 g/mol. The van der Waals surface area contributed by atoms with Gasteiger partial charge in [0.05, 0.1) is 31.9 Å². The average Bonchev–Trinajstić information content (AvgIpc) is 3.17. The number of aliphatic imine (C=N–C) groups is 1. The molecule has 1 amide bonds. The number of likely N-dealkylation sites (N-methyl/N-ethyl adjacent to an activating group) is 1. The van der Waals surface area contributed by atoms with Crippen molar-refractivity contribution in [3.8, 4) is 11.5 Å². The maximum Gasteiger partial charge on any atom is 0.336 e. The fourth-order valence-corrected chi connectivity index (χ4v) is 5.62. The summed E-state index contributed by atoms with van der Waals surface area (Å²) in [6.45, 7) is 4.17. The van der Waals surface area contributed by atoms with E-state index < -0.39 is 11.9 Å². The highest BCUT2D eigenvalue weighted by Crippen LogP contribution is 2.38. The Hall–Kier alpha value is -3.84. The number of hydrogen-bond donors (Lipinski definition) is 2. The minimum atomic E-state index is -1.04. The summed E-state index contributed by atoms with van der Waals surface area (Å²) in [6, 6.07) is 15.0. The number of benzene rings is 3. The summed E-state index contributed by atoms with van der Waals surface area (Å²) in [5.41, 5.74) is 2.91. The van der Waals surface area contributed by atoms with Gasteiger partial charge in [0.25, 0.3) is 5.91 Å². The van der Waals surface area contributed by atoms with Gasteiger partial charge in [-0.25, -0.2) is 14.6 Å². The van der Waals surface area contributed by atoms with Crippen molar-refractivity contribution in [1.82, 2.24) is 4.90 Å². The molecule has 0 spiro atoms. The Morgan fingerprint density at radius 2 is 1.80 bits per heavy atom. The number of amides is 1. The van der Waals surface area contributed by atoms with Crippen molar-refractivity contribution in [1.29, 1.82) is 0 Å². The topological polar surface area (TPSA) is 126 Å². The van der Waals surface area contributed by atoms with E-state index in [4.69, 9.17) is 14.6 Å². The molecule has 4 rings (SSSR count). The first-order valence-corrected chi connectivity index (χ1v) is 14.0. The van der Waals surface area contributed by atoms with Gasteiger partial charge in [-0.15, -0.1) is 0 Å². The summed E-state index contributed by atoms with van der Waals surface area (Å²) in [5.74, 6) is -1.19. The number of halogens is 1. The molecule has 3 aromatic rings. The first-order chi connectivity index (χ1) is 19.1. The van der Waals surface area contributed by atoms with Gasteiger partial charge < -0.3 is 19.7 Å². The van der Waals surface area contributed by atoms with Crippen molar-refractivity contribution in [2.75, 3.05) is 13.7 Å². The summed E-state index contributed by atoms with van der Waals surface area (Å²) >= 11 is 3.35. The van der Waals surface area contributed by atoms with Crippen LogP contribution in [0.2, 0.25) is 0 Å². The summed E-state index contributed by atoms with van der Waals surface area (Å²) in [7, 11) is 1.63. The second-order valence-corrected chi connectivity index (χ2v) is 10.8. The Balaban J connectivity index is 1.59. The predicted octanol–water partition coefficient (Wildman–Crippen LogP) is 6.21. The lowest BCUT2D eigenvalue weighted by Gasteiger charge is -2.15. The highest BCUT2D eigenvalue weighted by atomic mass is 127. The van der Waals surface area contributed by atoms with Crippen molar-refractivity contribution < 1.29 is 34.1 Å². The molecule has 1 aliphatic rings. The molecule has 11 heteroatoms. The number of hydrogen-bond acceptors (Lipinski definition) is 7. The van der Waals surface area contributed by atoms with Gasteiger partial charge in [0.15, 0.2) is 16.7 Å². The highest BCUT2D eigenvalue weighted by Gasteiger charge is 2.31. The lowest BCUT2D eigenvalue weighted by atomic mass is 10.1. The van der Waals surface area contributed by atoms with Crippen molar-refractivity contribution in [3.63, 3.8) is 0 Å². The van der Waals surface area contributed by atoms with Crippen LogP contribution in [-0.4, -0.2) is 51.8 Å². The zero-order valence-corrected chi connectivity index (χ0v) is 24.8. The Morgan fingerprint density at radius 3 is 2.45 bits per heavy atom. The number of ether oxygens (including phenoxy) is 2. The molecule has 0 radical (unpaired) electrons. The molecule has 1 fully saturated rings. The minimum Gasteiger partial charge on any atom is -0.490 e. The molecule has 1 aliphatic heterocycles. The maximum absolute atomic E-state index is 13.0. The van der Waals surface area contributed by atoms with Gasteiger partial charge in [-0.05, 0) is 107 Å². The third-order valence-electron chi connectivity index (χ3n) is 5.97. The number of nitrogens with zero attached hydrogens (tertiary/aromatic N) is 2. The third kappa shape index (κ3) is 6.48. The van der Waals surface area contributed by atoms with Crippen LogP contribution >= 0.6 is 34.4 Å². The molecule has 40 heavy (non-hydrogen) atoms. The maximum atomic E-state index is 13.0. The molecule has 206 valence electrons. The molecule has 1 heterocycles. The lowest BCUT2D eigenvalue weighted by molar-refractivity contribution is -0.121. The first kappa shape index (κ1) is 29.2. The number of aromatic carboxylic acids is 2. The Labute approximate surface area is 248 Å². The Kier molecular flexibility index (Phi) is 9.15. The predicted molar refractivity (Wildman–Crippen MR) is 162 cm³/mol. The van der Waals surface area contributed by atoms with Crippen LogP contribution < -0.4 is 9.47 Å². The van der Waals surface area contributed by atoms with Crippen LogP contribution in [0.3, 0.4) is 0 Å². The van der Waals surface area contributed by atoms with E-state index in [0.29, 0.717) is 39.4 Å². The molecule has 0 aliphatic carbocycles. The molecular formula is C29H25IN2O7S. The Morgan fingerprint density at radius 1 is 1.07 bits per heavy atom. The van der Waals surface area contributed by atoms with Crippen molar-refractivity contribution >= 4 is 69.1 Å². The third-order valence-corrected chi connectivity index (χ3v) is 7.83. The molecule has 0 saturated carbocycles. The fraction of sp³-hybridized carbons (Fsp3) is 0.172. The molecule has 2 N–H and O–H groups in total. The lowest BCUT2D eigenvalue weighted by Crippen LogP contribution is -2.23. The second kappa shape index (κ2) is 12.6. The normalized spacial score (nSPS) is 15.1. The molecule has 9 nitrogen and oxygen atoms in total. The summed E-state index contributed by atoms with van der Waals surface area (Å²) in [4.78, 5) is 42.1. The first-order valence-electron chi connectivity index (χ1n) is 12.1. The number of amidine groups is 1. The molecule has 1 saturated heterocycles. The van der Waals surface area contributed by atoms with Crippen LogP contribution in [0.25, 0.3) is 6.08 Å². The van der Waals surface area contributed by atoms with Crippen LogP contribution in [0.15, 0.2) is 64.5 Å². The van der Waals surface area contributed by atoms with Gasteiger partial charge in [-0.2, -0.15) is 0 Å². The molecule has 3 aromatic carbocycles. The van der Waals surface area contributed by atoms with Gasteiger partial charge >= 0.3 is 11.9 Å². The number of carbonyl (C=O) groups excluding carboxylic acids is 1. The zero-order chi connectivity index (χ0) is 29.0. The number of thioether (sulfide) groups is 1. The number of carbonyl (C=O) groups is 3. The van der Waals surface area contributed by atoms with Gasteiger partial charge in [-0.1, -0.05) is 18.2 Å². The van der Waals surface area contributed by atoms with E-state index in [1.807, 2.05) is 13.0 Å². The van der Waals surface area contributed by atoms with E-state index in [1.165, 1.54) is 34.9 Å². The van der Waals surface area contributed by atoms with Crippen LogP contribution in [0.4, 0.5) is 5.69 Å². The van der Waals surface area contributed by atoms with Crippen LogP contribution in [0, 0.1) is 10.5 Å². The summed E-state index contributed by atoms with van der Waals surface area (Å²) in [6.07, 6.45) is 1.76. The zero-order valence-electron chi connectivity index (χ0n) is 21.8. The van der Waals surface area contributed by atoms with E-state index in [0.717, 1.165) is 14.7 Å². The highest BCUT2D eigenvalue weighted by molar-refractivity contribution is 14.1. The van der Waals surface area contributed by atoms with E-state index in [9.17, 15) is 19.5 Å². The number of carboxylic acid groups (broad SMARTS) is 2. The fourth-order valence-electron chi connectivity index (χ4n) is 3.86. The van der Waals surface area contributed by atoms with E-state index in [1.54, 1.807) is 50.4 Å². The van der Waals surface area contributed by atoms with Crippen molar-refractivity contribution in [3.05, 3.63) is 90.9 Å². The minimum absolute atomic E-state index is 0.159. The SMILES string of the molecule is CCOc1cc(/C=C2\SC(=Nc3cccc(C(=O)O)c3C)N(C)C2=O)cc(I)c1OCc1ccc(C(=O)O)cc1. The summed E-state index contributed by atoms with van der Waals surface area (Å²) in [5, 5.41) is 18.9. The molecule has 0 bridgehead atoms. The standard InChI is InChI=1S/C29H25IN2O7S/c1-4-38-23-13-18(12-21(30)25(23)39-15-17-8-10-19(11-9-17)27(34)35)14-24-26(33)32(3)29(40-24)31-22-7-5-6-20(16(22)2)28(36)37/h5-14H,4,15H2,1-3H3,(H,34,35)(H,36,37)/b24-14-,31-29?. The largest absolute Gasteiger partial charge is 0.490 e.